The van der Waals surface area contributed by atoms with Crippen LogP contribution >= 0.6 is 11.6 Å². The smallest absolute Gasteiger partial charge is 0.307 e. The van der Waals surface area contributed by atoms with Gasteiger partial charge in [-0.05, 0) is 5.56 Å². The first kappa shape index (κ1) is 9.81. The first-order valence-corrected chi connectivity index (χ1v) is 4.21. The number of rotatable bonds is 3. The molecule has 1 aromatic rings. The summed E-state index contributed by atoms with van der Waals surface area (Å²) in [6.45, 7) is 0. The highest BCUT2D eigenvalue weighted by atomic mass is 35.5. The zero-order chi connectivity index (χ0) is 9.68. The van der Waals surface area contributed by atoms with E-state index >= 15 is 0 Å². The number of hydrogen-bond acceptors (Lipinski definition) is 1. The summed E-state index contributed by atoms with van der Waals surface area (Å²) >= 11 is 5.85. The fourth-order valence-corrected chi connectivity index (χ4v) is 1.10. The summed E-state index contributed by atoms with van der Waals surface area (Å²) in [7, 11) is 0. The zero-order valence-electron chi connectivity index (χ0n) is 6.90. The van der Waals surface area contributed by atoms with Gasteiger partial charge in [0.25, 0.3) is 0 Å². The van der Waals surface area contributed by atoms with E-state index < -0.39 is 5.97 Å². The molecule has 0 amide bonds. The van der Waals surface area contributed by atoms with Crippen molar-refractivity contribution in [2.45, 2.75) is 6.42 Å². The Morgan fingerprint density at radius 2 is 2.00 bits per heavy atom. The molecule has 3 heteroatoms. The number of aliphatic carboxylic acids is 1. The molecule has 0 unspecified atom stereocenters. The summed E-state index contributed by atoms with van der Waals surface area (Å²) in [6, 6.07) is 9.25. The van der Waals surface area contributed by atoms with E-state index in [0.717, 1.165) is 5.56 Å². The fourth-order valence-electron chi connectivity index (χ4n) is 0.892. The molecule has 1 N–H and O–H groups in total. The topological polar surface area (TPSA) is 37.3 Å². The van der Waals surface area contributed by atoms with Crippen molar-refractivity contribution in [3.8, 4) is 0 Å². The van der Waals surface area contributed by atoms with Gasteiger partial charge in [0.05, 0.1) is 6.42 Å². The lowest BCUT2D eigenvalue weighted by molar-refractivity contribution is -0.135. The van der Waals surface area contributed by atoms with Gasteiger partial charge in [-0.2, -0.15) is 0 Å². The van der Waals surface area contributed by atoms with Gasteiger partial charge in [-0.25, -0.2) is 0 Å². The third kappa shape index (κ3) is 3.30. The predicted molar refractivity (Wildman–Crippen MR) is 52.5 cm³/mol. The average Bonchev–Trinajstić information content (AvgIpc) is 2.15. The van der Waals surface area contributed by atoms with E-state index in [1.807, 2.05) is 30.3 Å². The Balaban J connectivity index is 2.73. The molecule has 1 aromatic carbocycles. The monoisotopic (exact) mass is 196 g/mol. The number of carboxylic acids is 1. The normalized spacial score (nSPS) is 11.3. The second-order valence-corrected chi connectivity index (χ2v) is 2.92. The lowest BCUT2D eigenvalue weighted by Gasteiger charge is -1.96. The molecule has 0 aromatic heterocycles. The lowest BCUT2D eigenvalue weighted by Crippen LogP contribution is -1.90. The molecule has 0 saturated carbocycles. The summed E-state index contributed by atoms with van der Waals surface area (Å²) < 4.78 is 0. The summed E-state index contributed by atoms with van der Waals surface area (Å²) in [5.74, 6) is -0.880. The van der Waals surface area contributed by atoms with E-state index in [1.165, 1.54) is 6.08 Å². The SMILES string of the molecule is O=C(O)CC=C(Cl)c1ccccc1. The molecule has 0 spiro atoms. The van der Waals surface area contributed by atoms with Crippen molar-refractivity contribution < 1.29 is 9.90 Å². The first-order chi connectivity index (χ1) is 6.20. The van der Waals surface area contributed by atoms with Crippen LogP contribution in [0, 0.1) is 0 Å². The Morgan fingerprint density at radius 1 is 1.38 bits per heavy atom. The molecular formula is C10H9ClO2. The van der Waals surface area contributed by atoms with Gasteiger partial charge < -0.3 is 5.11 Å². The Hall–Kier alpha value is -1.28. The van der Waals surface area contributed by atoms with Gasteiger partial charge in [0.1, 0.15) is 0 Å². The predicted octanol–water partition coefficient (Wildman–Crippen LogP) is 2.74. The Morgan fingerprint density at radius 3 is 2.54 bits per heavy atom. The largest absolute Gasteiger partial charge is 0.481 e. The minimum absolute atomic E-state index is 0.0479. The highest BCUT2D eigenvalue weighted by Crippen LogP contribution is 2.18. The summed E-state index contributed by atoms with van der Waals surface area (Å²) in [5.41, 5.74) is 0.838. The van der Waals surface area contributed by atoms with Crippen LogP contribution in [0.25, 0.3) is 5.03 Å². The molecule has 0 fully saturated rings. The molecule has 0 heterocycles. The second kappa shape index (κ2) is 4.67. The number of carboxylic acid groups (broad SMARTS) is 1. The molecule has 0 aliphatic rings. The van der Waals surface area contributed by atoms with E-state index in [9.17, 15) is 4.79 Å². The quantitative estimate of drug-likeness (QED) is 0.807. The molecule has 0 atom stereocenters. The highest BCUT2D eigenvalue weighted by Gasteiger charge is 1.97. The standard InChI is InChI=1S/C10H9ClO2/c11-9(6-7-10(12)13)8-4-2-1-3-5-8/h1-6H,7H2,(H,12,13). The lowest BCUT2D eigenvalue weighted by atomic mass is 10.2. The van der Waals surface area contributed by atoms with Gasteiger partial charge in [0.15, 0.2) is 0 Å². The molecule has 0 radical (unpaired) electrons. The van der Waals surface area contributed by atoms with Crippen LogP contribution in [0.15, 0.2) is 36.4 Å². The van der Waals surface area contributed by atoms with Crippen LogP contribution in [0.5, 0.6) is 0 Å². The molecule has 1 rings (SSSR count). The van der Waals surface area contributed by atoms with Crippen molar-refractivity contribution in [3.63, 3.8) is 0 Å². The van der Waals surface area contributed by atoms with E-state index in [0.29, 0.717) is 5.03 Å². The van der Waals surface area contributed by atoms with Crippen LogP contribution in [0.3, 0.4) is 0 Å². The van der Waals surface area contributed by atoms with Gasteiger partial charge in [-0.1, -0.05) is 48.0 Å². The van der Waals surface area contributed by atoms with E-state index in [-0.39, 0.29) is 6.42 Å². The minimum atomic E-state index is -0.880. The molecule has 0 aliphatic carbocycles. The molecular weight excluding hydrogens is 188 g/mol. The van der Waals surface area contributed by atoms with Crippen molar-refractivity contribution >= 4 is 22.6 Å². The van der Waals surface area contributed by atoms with Crippen molar-refractivity contribution in [1.82, 2.24) is 0 Å². The third-order valence-electron chi connectivity index (χ3n) is 1.51. The molecule has 13 heavy (non-hydrogen) atoms. The Kier molecular flexibility index (Phi) is 3.53. The van der Waals surface area contributed by atoms with Crippen LogP contribution in [-0.2, 0) is 4.79 Å². The zero-order valence-corrected chi connectivity index (χ0v) is 7.66. The van der Waals surface area contributed by atoms with Crippen LogP contribution in [0.1, 0.15) is 12.0 Å². The first-order valence-electron chi connectivity index (χ1n) is 3.83. The summed E-state index contributed by atoms with van der Waals surface area (Å²) in [5, 5.41) is 8.88. The number of benzene rings is 1. The minimum Gasteiger partial charge on any atom is -0.481 e. The maximum atomic E-state index is 10.2. The van der Waals surface area contributed by atoms with Gasteiger partial charge in [-0.3, -0.25) is 4.79 Å². The van der Waals surface area contributed by atoms with Gasteiger partial charge in [0.2, 0.25) is 0 Å². The maximum absolute atomic E-state index is 10.2. The number of carbonyl (C=O) groups is 1. The average molecular weight is 197 g/mol. The van der Waals surface area contributed by atoms with Gasteiger partial charge in [0, 0.05) is 5.03 Å². The molecule has 0 bridgehead atoms. The van der Waals surface area contributed by atoms with Crippen molar-refractivity contribution in [1.29, 1.82) is 0 Å². The third-order valence-corrected chi connectivity index (χ3v) is 1.88. The van der Waals surface area contributed by atoms with Gasteiger partial charge in [-0.15, -0.1) is 0 Å². The molecule has 2 nitrogen and oxygen atoms in total. The van der Waals surface area contributed by atoms with Crippen LogP contribution in [0.2, 0.25) is 0 Å². The van der Waals surface area contributed by atoms with E-state index in [4.69, 9.17) is 16.7 Å². The van der Waals surface area contributed by atoms with E-state index in [2.05, 4.69) is 0 Å². The fraction of sp³-hybridized carbons (Fsp3) is 0.100. The van der Waals surface area contributed by atoms with Crippen molar-refractivity contribution in [2.24, 2.45) is 0 Å². The van der Waals surface area contributed by atoms with E-state index in [1.54, 1.807) is 0 Å². The Bertz CT molecular complexity index is 317. The number of hydrogen-bond donors (Lipinski definition) is 1. The van der Waals surface area contributed by atoms with Crippen molar-refractivity contribution in [2.75, 3.05) is 0 Å². The summed E-state index contributed by atoms with van der Waals surface area (Å²) in [4.78, 5) is 10.2. The molecule has 0 aliphatic heterocycles. The molecule has 0 saturated heterocycles. The van der Waals surface area contributed by atoms with Crippen LogP contribution in [0.4, 0.5) is 0 Å². The second-order valence-electron chi connectivity index (χ2n) is 2.52. The van der Waals surface area contributed by atoms with Crippen LogP contribution in [-0.4, -0.2) is 11.1 Å². The van der Waals surface area contributed by atoms with Crippen molar-refractivity contribution in [3.05, 3.63) is 42.0 Å². The number of halogens is 1. The van der Waals surface area contributed by atoms with Gasteiger partial charge >= 0.3 is 5.97 Å². The summed E-state index contributed by atoms with van der Waals surface area (Å²) in [6.07, 6.45) is 1.44. The highest BCUT2D eigenvalue weighted by molar-refractivity contribution is 6.48. The maximum Gasteiger partial charge on any atom is 0.307 e. The Labute approximate surface area is 81.5 Å². The van der Waals surface area contributed by atoms with Crippen LogP contribution < -0.4 is 0 Å². The molecule has 68 valence electrons.